The number of benzene rings is 2. The van der Waals surface area contributed by atoms with Crippen LogP contribution in [0.1, 0.15) is 23.2 Å². The van der Waals surface area contributed by atoms with Crippen molar-refractivity contribution in [1.82, 2.24) is 30.2 Å². The number of hydrogen-bond donors (Lipinski definition) is 2. The van der Waals surface area contributed by atoms with Gasteiger partial charge in [0.2, 0.25) is 5.88 Å². The number of halogens is 2. The van der Waals surface area contributed by atoms with E-state index in [9.17, 15) is 18.7 Å². The van der Waals surface area contributed by atoms with Crippen LogP contribution in [0.25, 0.3) is 27.6 Å². The molecule has 7 rings (SSSR count). The van der Waals surface area contributed by atoms with Gasteiger partial charge in [-0.1, -0.05) is 0 Å². The molecule has 33 heavy (non-hydrogen) atoms. The van der Waals surface area contributed by atoms with Gasteiger partial charge < -0.3 is 15.3 Å². The fourth-order valence-corrected chi connectivity index (χ4v) is 4.94. The maximum atomic E-state index is 14.4. The molecule has 3 saturated heterocycles. The second-order valence-corrected chi connectivity index (χ2v) is 8.65. The minimum atomic E-state index is -0.729. The molecule has 0 spiro atoms. The quantitative estimate of drug-likeness (QED) is 0.498. The SMILES string of the molecule is O=C(NC1CN2CCC1CC2)c1ccc(-n2nc3c(nnc4c(F)ccc(F)c43)c2O)cc1. The summed E-state index contributed by atoms with van der Waals surface area (Å²) < 4.78 is 29.6. The summed E-state index contributed by atoms with van der Waals surface area (Å²) in [5, 5.41) is 25.4. The topological polar surface area (TPSA) is 96.2 Å². The molecule has 1 unspecified atom stereocenters. The number of carbonyl (C=O) groups is 1. The van der Waals surface area contributed by atoms with E-state index in [1.165, 1.54) is 0 Å². The summed E-state index contributed by atoms with van der Waals surface area (Å²) in [6.07, 6.45) is 2.22. The fraction of sp³-hybridized carbons (Fsp3) is 0.304. The van der Waals surface area contributed by atoms with E-state index in [1.54, 1.807) is 24.3 Å². The first-order chi connectivity index (χ1) is 16.0. The molecule has 168 valence electrons. The molecule has 0 saturated carbocycles. The Balaban J connectivity index is 1.31. The van der Waals surface area contributed by atoms with Crippen molar-refractivity contribution in [1.29, 1.82) is 0 Å². The standard InChI is InChI=1S/C23H20F2N6O2/c24-15-5-6-16(25)19-18(15)20-21(28-27-19)23(33)31(29-20)14-3-1-13(2-4-14)22(32)26-17-11-30-9-7-12(17)8-10-30/h1-6,12,17,33H,7-11H2,(H,26,32). The highest BCUT2D eigenvalue weighted by molar-refractivity contribution is 6.03. The van der Waals surface area contributed by atoms with E-state index in [0.717, 1.165) is 49.3 Å². The van der Waals surface area contributed by atoms with Crippen LogP contribution in [0.15, 0.2) is 36.4 Å². The van der Waals surface area contributed by atoms with E-state index >= 15 is 0 Å². The molecule has 10 heteroatoms. The average molecular weight is 450 g/mol. The molecule has 2 N–H and O–H groups in total. The number of amides is 1. The molecule has 5 heterocycles. The lowest BCUT2D eigenvalue weighted by Gasteiger charge is -2.44. The highest BCUT2D eigenvalue weighted by Gasteiger charge is 2.35. The van der Waals surface area contributed by atoms with Crippen molar-refractivity contribution in [2.45, 2.75) is 18.9 Å². The zero-order chi connectivity index (χ0) is 22.7. The number of aromatic hydroxyl groups is 1. The number of piperidine rings is 3. The smallest absolute Gasteiger partial charge is 0.251 e. The van der Waals surface area contributed by atoms with Gasteiger partial charge in [0.25, 0.3) is 5.91 Å². The van der Waals surface area contributed by atoms with Crippen molar-refractivity contribution in [2.24, 2.45) is 5.92 Å². The van der Waals surface area contributed by atoms with Gasteiger partial charge in [0.1, 0.15) is 16.9 Å². The van der Waals surface area contributed by atoms with Crippen LogP contribution in [0.2, 0.25) is 0 Å². The van der Waals surface area contributed by atoms with Gasteiger partial charge in [-0.3, -0.25) is 4.79 Å². The summed E-state index contributed by atoms with van der Waals surface area (Å²) in [4.78, 5) is 15.1. The Morgan fingerprint density at radius 1 is 0.970 bits per heavy atom. The minimum absolute atomic E-state index is 0.00123. The third kappa shape index (κ3) is 3.20. The zero-order valence-electron chi connectivity index (χ0n) is 17.5. The number of fused-ring (bicyclic) bond motifs is 6. The molecule has 3 aliphatic rings. The van der Waals surface area contributed by atoms with Crippen molar-refractivity contribution >= 4 is 27.8 Å². The minimum Gasteiger partial charge on any atom is -0.492 e. The lowest BCUT2D eigenvalue weighted by atomic mass is 9.84. The van der Waals surface area contributed by atoms with Crippen LogP contribution < -0.4 is 5.32 Å². The monoisotopic (exact) mass is 450 g/mol. The molecule has 1 amide bonds. The van der Waals surface area contributed by atoms with Crippen molar-refractivity contribution in [3.8, 4) is 11.6 Å². The maximum absolute atomic E-state index is 14.4. The van der Waals surface area contributed by atoms with E-state index in [4.69, 9.17) is 0 Å². The lowest BCUT2D eigenvalue weighted by molar-refractivity contribution is 0.0620. The van der Waals surface area contributed by atoms with Crippen LogP contribution in [-0.2, 0) is 0 Å². The van der Waals surface area contributed by atoms with Gasteiger partial charge >= 0.3 is 0 Å². The van der Waals surface area contributed by atoms with E-state index in [-0.39, 0.29) is 39.8 Å². The van der Waals surface area contributed by atoms with E-state index in [2.05, 4.69) is 25.5 Å². The Hall–Kier alpha value is -3.66. The van der Waals surface area contributed by atoms with Gasteiger partial charge in [0, 0.05) is 18.2 Å². The fourth-order valence-electron chi connectivity index (χ4n) is 4.94. The molecule has 0 radical (unpaired) electrons. The molecule has 0 aliphatic carbocycles. The molecule has 3 fully saturated rings. The molecule has 4 aromatic rings. The van der Waals surface area contributed by atoms with Crippen LogP contribution in [0.4, 0.5) is 8.78 Å². The van der Waals surface area contributed by atoms with E-state index in [1.807, 2.05) is 0 Å². The molecule has 8 nitrogen and oxygen atoms in total. The van der Waals surface area contributed by atoms with Crippen LogP contribution in [-0.4, -0.2) is 61.6 Å². The largest absolute Gasteiger partial charge is 0.492 e. The lowest BCUT2D eigenvalue weighted by Crippen LogP contribution is -2.57. The second kappa shape index (κ2) is 7.45. The Morgan fingerprint density at radius 2 is 1.67 bits per heavy atom. The zero-order valence-corrected chi connectivity index (χ0v) is 17.5. The van der Waals surface area contributed by atoms with Crippen molar-refractivity contribution < 1.29 is 18.7 Å². The van der Waals surface area contributed by atoms with Crippen LogP contribution in [0, 0.1) is 17.6 Å². The third-order valence-corrected chi connectivity index (χ3v) is 6.75. The third-order valence-electron chi connectivity index (χ3n) is 6.75. The van der Waals surface area contributed by atoms with Crippen LogP contribution in [0.5, 0.6) is 5.88 Å². The summed E-state index contributed by atoms with van der Waals surface area (Å²) in [5.41, 5.74) is 0.626. The van der Waals surface area contributed by atoms with Gasteiger partial charge in [-0.25, -0.2) is 8.78 Å². The van der Waals surface area contributed by atoms with Crippen LogP contribution in [0.3, 0.4) is 0 Å². The first-order valence-corrected chi connectivity index (χ1v) is 10.9. The predicted octanol–water partition coefficient (Wildman–Crippen LogP) is 2.78. The number of nitrogens with zero attached hydrogens (tertiary/aromatic N) is 5. The Labute approximate surface area is 186 Å². The first kappa shape index (κ1) is 20.0. The highest BCUT2D eigenvalue weighted by atomic mass is 19.1. The number of rotatable bonds is 3. The number of carbonyl (C=O) groups excluding carboxylic acids is 1. The molecule has 3 aliphatic heterocycles. The van der Waals surface area contributed by atoms with Crippen molar-refractivity contribution in [3.05, 3.63) is 53.6 Å². The van der Waals surface area contributed by atoms with Gasteiger partial charge in [0.05, 0.1) is 11.1 Å². The normalized spacial score (nSPS) is 22.2. The summed E-state index contributed by atoms with van der Waals surface area (Å²) in [6, 6.07) is 8.64. The van der Waals surface area contributed by atoms with Gasteiger partial charge in [-0.2, -0.15) is 9.78 Å². The maximum Gasteiger partial charge on any atom is 0.251 e. The predicted molar refractivity (Wildman–Crippen MR) is 116 cm³/mol. The number of hydrogen-bond acceptors (Lipinski definition) is 6. The summed E-state index contributed by atoms with van der Waals surface area (Å²) in [7, 11) is 0. The molecular formula is C23H20F2N6O2. The van der Waals surface area contributed by atoms with Gasteiger partial charge in [0.15, 0.2) is 11.3 Å². The van der Waals surface area contributed by atoms with E-state index < -0.39 is 11.6 Å². The van der Waals surface area contributed by atoms with Gasteiger partial charge in [-0.15, -0.1) is 10.2 Å². The van der Waals surface area contributed by atoms with Crippen molar-refractivity contribution in [2.75, 3.05) is 19.6 Å². The number of aromatic nitrogens is 4. The summed E-state index contributed by atoms with van der Waals surface area (Å²) in [6.45, 7) is 3.09. The van der Waals surface area contributed by atoms with Gasteiger partial charge in [-0.05, 0) is 68.2 Å². The summed E-state index contributed by atoms with van der Waals surface area (Å²) >= 11 is 0. The molecule has 1 atom stereocenters. The van der Waals surface area contributed by atoms with Crippen LogP contribution >= 0.6 is 0 Å². The molecule has 2 bridgehead atoms. The second-order valence-electron chi connectivity index (χ2n) is 8.65. The molecule has 2 aromatic carbocycles. The average Bonchev–Trinajstić information content (AvgIpc) is 3.18. The Bertz CT molecular complexity index is 1400. The van der Waals surface area contributed by atoms with Crippen molar-refractivity contribution in [3.63, 3.8) is 0 Å². The summed E-state index contributed by atoms with van der Waals surface area (Å²) in [5.74, 6) is -1.42. The highest BCUT2D eigenvalue weighted by Crippen LogP contribution is 2.32. The Morgan fingerprint density at radius 3 is 2.36 bits per heavy atom. The molecule has 2 aromatic heterocycles. The Kier molecular flexibility index (Phi) is 4.51. The van der Waals surface area contributed by atoms with E-state index in [0.29, 0.717) is 17.2 Å². The molecular weight excluding hydrogens is 430 g/mol. The number of nitrogens with one attached hydrogen (secondary N) is 1. The first-order valence-electron chi connectivity index (χ1n) is 10.9.